The van der Waals surface area contributed by atoms with Crippen molar-refractivity contribution >= 4 is 23.2 Å². The average molecular weight is 263 g/mol. The van der Waals surface area contributed by atoms with Crippen molar-refractivity contribution < 1.29 is 4.79 Å². The highest BCUT2D eigenvalue weighted by atomic mass is 32.1. The van der Waals surface area contributed by atoms with Crippen molar-refractivity contribution in [3.8, 4) is 0 Å². The van der Waals surface area contributed by atoms with E-state index in [2.05, 4.69) is 20.3 Å². The number of nitrogens with zero attached hydrogens (tertiary/aromatic N) is 3. The smallest absolute Gasteiger partial charge is 0.270 e. The topological polar surface area (TPSA) is 93.8 Å². The van der Waals surface area contributed by atoms with E-state index in [-0.39, 0.29) is 11.9 Å². The van der Waals surface area contributed by atoms with Crippen LogP contribution in [0.4, 0.5) is 5.95 Å². The normalized spacial score (nSPS) is 10.3. The molecule has 2 aromatic heterocycles. The second-order valence-corrected chi connectivity index (χ2v) is 4.67. The molecule has 0 aliphatic rings. The fourth-order valence-electron chi connectivity index (χ4n) is 1.42. The number of nitrogens with one attached hydrogen (secondary N) is 1. The van der Waals surface area contributed by atoms with Gasteiger partial charge in [-0.1, -0.05) is 0 Å². The first-order chi connectivity index (χ1) is 8.70. The summed E-state index contributed by atoms with van der Waals surface area (Å²) >= 11 is 1.35. The third-order valence-electron chi connectivity index (χ3n) is 2.20. The van der Waals surface area contributed by atoms with Crippen molar-refractivity contribution in [1.29, 1.82) is 0 Å². The molecule has 1 amide bonds. The predicted molar refractivity (Wildman–Crippen MR) is 69.6 cm³/mol. The average Bonchev–Trinajstić information content (AvgIpc) is 2.72. The van der Waals surface area contributed by atoms with E-state index >= 15 is 0 Å². The highest BCUT2D eigenvalue weighted by molar-refractivity contribution is 7.13. The first-order valence-electron chi connectivity index (χ1n) is 5.45. The molecule has 2 heterocycles. The summed E-state index contributed by atoms with van der Waals surface area (Å²) in [5, 5.41) is 3.50. The Morgan fingerprint density at radius 2 is 2.17 bits per heavy atom. The molecule has 0 saturated heterocycles. The van der Waals surface area contributed by atoms with E-state index in [0.717, 1.165) is 5.01 Å². The van der Waals surface area contributed by atoms with Crippen molar-refractivity contribution in [3.63, 3.8) is 0 Å². The van der Waals surface area contributed by atoms with Crippen LogP contribution >= 0.6 is 11.3 Å². The SMILES string of the molecule is Cc1nc(CCN)sc1C(=O)Nc1ncccn1. The Hall–Kier alpha value is -1.86. The highest BCUT2D eigenvalue weighted by Crippen LogP contribution is 2.19. The summed E-state index contributed by atoms with van der Waals surface area (Å²) in [6.45, 7) is 2.33. The zero-order valence-electron chi connectivity index (χ0n) is 9.88. The Morgan fingerprint density at radius 3 is 2.83 bits per heavy atom. The molecule has 0 aliphatic heterocycles. The molecule has 0 bridgehead atoms. The molecule has 0 aliphatic carbocycles. The Balaban J connectivity index is 2.14. The summed E-state index contributed by atoms with van der Waals surface area (Å²) < 4.78 is 0. The predicted octanol–water partition coefficient (Wildman–Crippen LogP) is 0.995. The lowest BCUT2D eigenvalue weighted by molar-refractivity contribution is 0.102. The van der Waals surface area contributed by atoms with Gasteiger partial charge >= 0.3 is 0 Å². The minimum Gasteiger partial charge on any atom is -0.330 e. The summed E-state index contributed by atoms with van der Waals surface area (Å²) in [6, 6.07) is 1.69. The van der Waals surface area contributed by atoms with Gasteiger partial charge in [0.2, 0.25) is 5.95 Å². The van der Waals surface area contributed by atoms with Gasteiger partial charge in [0.15, 0.2) is 0 Å². The first kappa shape index (κ1) is 12.6. The molecular formula is C11H13N5OS. The number of rotatable bonds is 4. The highest BCUT2D eigenvalue weighted by Gasteiger charge is 2.15. The fourth-order valence-corrected chi connectivity index (χ4v) is 2.39. The lowest BCUT2D eigenvalue weighted by Gasteiger charge is -2.00. The number of hydrogen-bond donors (Lipinski definition) is 2. The lowest BCUT2D eigenvalue weighted by atomic mass is 10.3. The molecule has 94 valence electrons. The number of aryl methyl sites for hydroxylation is 1. The van der Waals surface area contributed by atoms with Gasteiger partial charge in [-0.15, -0.1) is 11.3 Å². The van der Waals surface area contributed by atoms with Gasteiger partial charge in [-0.05, 0) is 19.5 Å². The Kier molecular flexibility index (Phi) is 3.96. The molecule has 0 spiro atoms. The van der Waals surface area contributed by atoms with E-state index in [1.165, 1.54) is 11.3 Å². The second-order valence-electron chi connectivity index (χ2n) is 3.59. The minimum atomic E-state index is -0.237. The third kappa shape index (κ3) is 2.88. The van der Waals surface area contributed by atoms with Crippen LogP contribution in [0.2, 0.25) is 0 Å². The fraction of sp³-hybridized carbons (Fsp3) is 0.273. The molecule has 2 rings (SSSR count). The zero-order valence-corrected chi connectivity index (χ0v) is 10.7. The van der Waals surface area contributed by atoms with Gasteiger partial charge in [0.1, 0.15) is 4.88 Å². The van der Waals surface area contributed by atoms with Crippen molar-refractivity contribution in [2.45, 2.75) is 13.3 Å². The number of nitrogens with two attached hydrogens (primary N) is 1. The van der Waals surface area contributed by atoms with E-state index in [0.29, 0.717) is 23.5 Å². The number of amides is 1. The van der Waals surface area contributed by atoms with Gasteiger partial charge in [0, 0.05) is 18.8 Å². The number of carbonyl (C=O) groups is 1. The molecule has 0 saturated carbocycles. The first-order valence-corrected chi connectivity index (χ1v) is 6.27. The number of carbonyl (C=O) groups excluding carboxylic acids is 1. The minimum absolute atomic E-state index is 0.237. The molecule has 3 N–H and O–H groups in total. The third-order valence-corrected chi connectivity index (χ3v) is 3.41. The van der Waals surface area contributed by atoms with E-state index in [4.69, 9.17) is 5.73 Å². The molecule has 6 nitrogen and oxygen atoms in total. The van der Waals surface area contributed by atoms with Crippen LogP contribution in [0.5, 0.6) is 0 Å². The van der Waals surface area contributed by atoms with Crippen LogP contribution in [-0.4, -0.2) is 27.4 Å². The van der Waals surface area contributed by atoms with Gasteiger partial charge < -0.3 is 5.73 Å². The van der Waals surface area contributed by atoms with Crippen LogP contribution in [0, 0.1) is 6.92 Å². The largest absolute Gasteiger partial charge is 0.330 e. The van der Waals surface area contributed by atoms with Crippen LogP contribution in [0.1, 0.15) is 20.4 Å². The Labute approximate surface area is 108 Å². The quantitative estimate of drug-likeness (QED) is 0.858. The molecule has 0 aromatic carbocycles. The zero-order chi connectivity index (χ0) is 13.0. The van der Waals surface area contributed by atoms with Crippen LogP contribution in [0.3, 0.4) is 0 Å². The van der Waals surface area contributed by atoms with E-state index in [9.17, 15) is 4.79 Å². The van der Waals surface area contributed by atoms with E-state index in [1.54, 1.807) is 25.4 Å². The van der Waals surface area contributed by atoms with Crippen LogP contribution < -0.4 is 11.1 Å². The van der Waals surface area contributed by atoms with E-state index < -0.39 is 0 Å². The summed E-state index contributed by atoms with van der Waals surface area (Å²) in [7, 11) is 0. The maximum Gasteiger partial charge on any atom is 0.270 e. The van der Waals surface area contributed by atoms with Gasteiger partial charge in [-0.2, -0.15) is 0 Å². The van der Waals surface area contributed by atoms with Gasteiger partial charge in [-0.25, -0.2) is 15.0 Å². The van der Waals surface area contributed by atoms with Crippen molar-refractivity contribution in [3.05, 3.63) is 34.0 Å². The van der Waals surface area contributed by atoms with Crippen LogP contribution in [0.25, 0.3) is 0 Å². The van der Waals surface area contributed by atoms with E-state index in [1.807, 2.05) is 0 Å². The summed E-state index contributed by atoms with van der Waals surface area (Å²) in [5.74, 6) is 0.0511. The number of thiazole rings is 1. The molecule has 0 fully saturated rings. The maximum atomic E-state index is 12.0. The van der Waals surface area contributed by atoms with Gasteiger partial charge in [0.05, 0.1) is 10.7 Å². The second kappa shape index (κ2) is 5.65. The monoisotopic (exact) mass is 263 g/mol. The Morgan fingerprint density at radius 1 is 1.44 bits per heavy atom. The van der Waals surface area contributed by atoms with Crippen LogP contribution in [-0.2, 0) is 6.42 Å². The molecule has 0 atom stereocenters. The van der Waals surface area contributed by atoms with Crippen LogP contribution in [0.15, 0.2) is 18.5 Å². The summed E-state index contributed by atoms with van der Waals surface area (Å²) in [6.07, 6.45) is 3.82. The molecule has 0 radical (unpaired) electrons. The molecule has 18 heavy (non-hydrogen) atoms. The molecular weight excluding hydrogens is 250 g/mol. The van der Waals surface area contributed by atoms with Crippen molar-refractivity contribution in [2.75, 3.05) is 11.9 Å². The van der Waals surface area contributed by atoms with Crippen molar-refractivity contribution in [1.82, 2.24) is 15.0 Å². The van der Waals surface area contributed by atoms with Crippen molar-refractivity contribution in [2.24, 2.45) is 5.73 Å². The summed E-state index contributed by atoms with van der Waals surface area (Å²) in [5.41, 5.74) is 6.17. The molecule has 7 heteroatoms. The Bertz CT molecular complexity index is 540. The lowest BCUT2D eigenvalue weighted by Crippen LogP contribution is -2.13. The summed E-state index contributed by atoms with van der Waals surface area (Å²) in [4.78, 5) is 24.8. The molecule has 2 aromatic rings. The number of hydrogen-bond acceptors (Lipinski definition) is 6. The maximum absolute atomic E-state index is 12.0. The molecule has 0 unspecified atom stereocenters. The standard InChI is InChI=1S/C11H13N5OS/c1-7-9(18-8(15-7)3-4-12)10(17)16-11-13-5-2-6-14-11/h2,5-6H,3-4,12H2,1H3,(H,13,14,16,17). The van der Waals surface area contributed by atoms with Gasteiger partial charge in [0.25, 0.3) is 5.91 Å². The number of anilines is 1. The number of aromatic nitrogens is 3. The van der Waals surface area contributed by atoms with Gasteiger partial charge in [-0.3, -0.25) is 10.1 Å².